The minimum Gasteiger partial charge on any atom is -0.462 e. The van der Waals surface area contributed by atoms with Crippen molar-refractivity contribution in [2.45, 2.75) is 124 Å². The van der Waals surface area contributed by atoms with Gasteiger partial charge < -0.3 is 4.74 Å². The summed E-state index contributed by atoms with van der Waals surface area (Å²) in [5.74, 6) is 5.16. The molecule has 2 nitrogen and oxygen atoms in total. The van der Waals surface area contributed by atoms with E-state index in [1.165, 1.54) is 45.4 Å². The molecule has 0 aliphatic heterocycles. The Hall–Kier alpha value is -0.500. The maximum Gasteiger partial charge on any atom is 0.302 e. The highest BCUT2D eigenvalue weighted by Crippen LogP contribution is 2.70. The molecule has 0 saturated heterocycles. The lowest BCUT2D eigenvalue weighted by Gasteiger charge is -2.64. The van der Waals surface area contributed by atoms with Crippen LogP contribution in [-0.4, -0.2) is 16.9 Å². The van der Waals surface area contributed by atoms with Gasteiger partial charge in [0.15, 0.2) is 0 Å². The van der Waals surface area contributed by atoms with Crippen LogP contribution in [0.1, 0.15) is 113 Å². The van der Waals surface area contributed by atoms with Gasteiger partial charge in [0.05, 0.1) is 4.87 Å². The van der Waals surface area contributed by atoms with E-state index in [2.05, 4.69) is 53.7 Å². The van der Waals surface area contributed by atoms with Crippen molar-refractivity contribution >= 4 is 17.6 Å². The smallest absolute Gasteiger partial charge is 0.302 e. The molecule has 0 aromatic carbocycles. The Morgan fingerprint density at radius 2 is 1.74 bits per heavy atom. The fourth-order valence-electron chi connectivity index (χ4n) is 9.68. The normalized spacial score (nSPS) is 46.0. The third-order valence-corrected chi connectivity index (χ3v) is 12.5. The van der Waals surface area contributed by atoms with Crippen molar-refractivity contribution in [1.82, 2.24) is 0 Å². The second kappa shape index (κ2) is 9.75. The van der Waals surface area contributed by atoms with Crippen molar-refractivity contribution in [2.24, 2.45) is 52.3 Å². The highest BCUT2D eigenvalue weighted by atomic mass is 35.5. The van der Waals surface area contributed by atoms with Crippen LogP contribution in [0.2, 0.25) is 0 Å². The third kappa shape index (κ3) is 4.41. The summed E-state index contributed by atoms with van der Waals surface area (Å²) in [5, 5.41) is 0. The van der Waals surface area contributed by atoms with Gasteiger partial charge in [0.25, 0.3) is 0 Å². The number of halogens is 1. The number of rotatable bonds is 6. The fourth-order valence-corrected chi connectivity index (χ4v) is 10.2. The van der Waals surface area contributed by atoms with Gasteiger partial charge in [-0.15, -0.1) is 11.6 Å². The topological polar surface area (TPSA) is 26.3 Å². The molecule has 0 bridgehead atoms. The zero-order valence-electron chi connectivity index (χ0n) is 23.0. The predicted octanol–water partition coefficient (Wildman–Crippen LogP) is 8.81. The van der Waals surface area contributed by atoms with Gasteiger partial charge in [-0.05, 0) is 110 Å². The van der Waals surface area contributed by atoms with Crippen LogP contribution in [0.3, 0.4) is 0 Å². The molecule has 4 aliphatic carbocycles. The summed E-state index contributed by atoms with van der Waals surface area (Å²) >= 11 is 7.48. The maximum atomic E-state index is 11.6. The lowest BCUT2D eigenvalue weighted by molar-refractivity contribution is -0.157. The molecule has 3 heteroatoms. The highest BCUT2D eigenvalue weighted by Gasteiger charge is 2.64. The van der Waals surface area contributed by atoms with Crippen LogP contribution < -0.4 is 0 Å². The standard InChI is InChI=1S/C31H51ClO2/c1-8-23(20(2)3)10-9-21(4)26-11-12-27-25-14-18-31(32)19-24(34-22(5)33)13-17-30(31,7)28(25)15-16-29(26,27)6/h9-10,20-21,23-28H,8,11-19H2,1-7H3/b10-9+/t21-,23+,24+,25-,26-,27+,28+,29-,30+,31+/m0/s1. The molecule has 0 aromatic rings. The van der Waals surface area contributed by atoms with Crippen LogP contribution in [-0.2, 0) is 9.53 Å². The Morgan fingerprint density at radius 3 is 2.38 bits per heavy atom. The first-order chi connectivity index (χ1) is 15.9. The zero-order chi connectivity index (χ0) is 24.9. The second-order valence-electron chi connectivity index (χ2n) is 13.6. The molecule has 0 heterocycles. The summed E-state index contributed by atoms with van der Waals surface area (Å²) in [6, 6.07) is 0. The number of fused-ring (bicyclic) bond motifs is 5. The Bertz CT molecular complexity index is 775. The van der Waals surface area contributed by atoms with E-state index in [0.29, 0.717) is 17.3 Å². The number of allylic oxidation sites excluding steroid dienone is 2. The van der Waals surface area contributed by atoms with E-state index >= 15 is 0 Å². The first kappa shape index (κ1) is 26.6. The average molecular weight is 491 g/mol. The van der Waals surface area contributed by atoms with Crippen LogP contribution in [0, 0.1) is 52.3 Å². The molecule has 4 fully saturated rings. The van der Waals surface area contributed by atoms with Crippen molar-refractivity contribution in [3.05, 3.63) is 12.2 Å². The predicted molar refractivity (Wildman–Crippen MR) is 143 cm³/mol. The molecule has 0 radical (unpaired) electrons. The van der Waals surface area contributed by atoms with Crippen molar-refractivity contribution in [1.29, 1.82) is 0 Å². The lowest BCUT2D eigenvalue weighted by Crippen LogP contribution is -2.60. The molecule has 0 N–H and O–H groups in total. The Labute approximate surface area is 215 Å². The van der Waals surface area contributed by atoms with Crippen LogP contribution in [0.25, 0.3) is 0 Å². The number of esters is 1. The molecule has 4 rings (SSSR count). The van der Waals surface area contributed by atoms with Gasteiger partial charge in [0, 0.05) is 13.3 Å². The molecule has 4 saturated carbocycles. The van der Waals surface area contributed by atoms with E-state index in [1.54, 1.807) is 0 Å². The first-order valence-corrected chi connectivity index (χ1v) is 14.9. The first-order valence-electron chi connectivity index (χ1n) is 14.5. The summed E-state index contributed by atoms with van der Waals surface area (Å²) < 4.78 is 5.64. The monoisotopic (exact) mass is 490 g/mol. The molecule has 0 amide bonds. The van der Waals surface area contributed by atoms with Gasteiger partial charge in [0.2, 0.25) is 0 Å². The number of carbonyl (C=O) groups is 1. The van der Waals surface area contributed by atoms with E-state index in [0.717, 1.165) is 55.3 Å². The van der Waals surface area contributed by atoms with Crippen molar-refractivity contribution < 1.29 is 9.53 Å². The molecular weight excluding hydrogens is 440 g/mol. The molecule has 4 aliphatic rings. The number of ether oxygens (including phenoxy) is 1. The number of alkyl halides is 1. The van der Waals surface area contributed by atoms with Crippen LogP contribution in [0.5, 0.6) is 0 Å². The maximum absolute atomic E-state index is 11.6. The van der Waals surface area contributed by atoms with E-state index in [-0.39, 0.29) is 22.4 Å². The van der Waals surface area contributed by atoms with Crippen LogP contribution in [0.15, 0.2) is 12.2 Å². The molecule has 34 heavy (non-hydrogen) atoms. The van der Waals surface area contributed by atoms with Gasteiger partial charge in [-0.1, -0.05) is 53.7 Å². The van der Waals surface area contributed by atoms with Crippen LogP contribution >= 0.6 is 11.6 Å². The Kier molecular flexibility index (Phi) is 7.62. The summed E-state index contributed by atoms with van der Waals surface area (Å²) in [6.07, 6.45) is 17.1. The van der Waals surface area contributed by atoms with Gasteiger partial charge in [-0.2, -0.15) is 0 Å². The van der Waals surface area contributed by atoms with Gasteiger partial charge in [-0.25, -0.2) is 0 Å². The number of hydrogen-bond acceptors (Lipinski definition) is 2. The Balaban J connectivity index is 1.50. The number of carbonyl (C=O) groups excluding carboxylic acids is 1. The molecule has 0 spiro atoms. The molecule has 194 valence electrons. The Morgan fingerprint density at radius 1 is 1.00 bits per heavy atom. The fraction of sp³-hybridized carbons (Fsp3) is 0.903. The van der Waals surface area contributed by atoms with Crippen molar-refractivity contribution in [2.75, 3.05) is 0 Å². The van der Waals surface area contributed by atoms with Gasteiger partial charge in [0.1, 0.15) is 6.10 Å². The summed E-state index contributed by atoms with van der Waals surface area (Å²) in [5.41, 5.74) is 0.646. The SMILES string of the molecule is CC[C@H](/C=C/[C@H](C)[C@@H]1CC[C@@H]2[C@@H]3CC[C@@]4(Cl)C[C@H](OC(C)=O)CC[C@]4(C)[C@@H]3CC[C@]21C)C(C)C. The van der Waals surface area contributed by atoms with Crippen molar-refractivity contribution in [3.8, 4) is 0 Å². The second-order valence-corrected chi connectivity index (χ2v) is 14.3. The van der Waals surface area contributed by atoms with Gasteiger partial charge >= 0.3 is 5.97 Å². The molecule has 0 aromatic heterocycles. The summed E-state index contributed by atoms with van der Waals surface area (Å²) in [6.45, 7) is 16.2. The largest absolute Gasteiger partial charge is 0.462 e. The lowest BCUT2D eigenvalue weighted by atomic mass is 9.44. The quantitative estimate of drug-likeness (QED) is 0.211. The number of hydrogen-bond donors (Lipinski definition) is 0. The van der Waals surface area contributed by atoms with Gasteiger partial charge in [-0.3, -0.25) is 4.79 Å². The average Bonchev–Trinajstić information content (AvgIpc) is 3.11. The summed E-state index contributed by atoms with van der Waals surface area (Å²) in [7, 11) is 0. The van der Waals surface area contributed by atoms with Crippen LogP contribution in [0.4, 0.5) is 0 Å². The molecular formula is C31H51ClO2. The molecule has 10 atom stereocenters. The summed E-state index contributed by atoms with van der Waals surface area (Å²) in [4.78, 5) is 11.4. The van der Waals surface area contributed by atoms with E-state index in [4.69, 9.17) is 16.3 Å². The minimum atomic E-state index is -0.208. The van der Waals surface area contributed by atoms with E-state index < -0.39 is 0 Å². The minimum absolute atomic E-state index is 0.00904. The zero-order valence-corrected chi connectivity index (χ0v) is 23.8. The third-order valence-electron chi connectivity index (χ3n) is 11.7. The van der Waals surface area contributed by atoms with E-state index in [9.17, 15) is 4.79 Å². The van der Waals surface area contributed by atoms with E-state index in [1.807, 2.05) is 0 Å². The van der Waals surface area contributed by atoms with Crippen molar-refractivity contribution in [3.63, 3.8) is 0 Å². The highest BCUT2D eigenvalue weighted by molar-refractivity contribution is 6.24. The molecule has 0 unspecified atom stereocenters.